The van der Waals surface area contributed by atoms with Crippen molar-refractivity contribution in [3.8, 4) is 0 Å². The first kappa shape index (κ1) is 15.1. The van der Waals surface area contributed by atoms with Gasteiger partial charge in [0.1, 0.15) is 0 Å². The summed E-state index contributed by atoms with van der Waals surface area (Å²) < 4.78 is 0. The number of aryl methyl sites for hydroxylation is 2. The summed E-state index contributed by atoms with van der Waals surface area (Å²) >= 11 is 0. The number of benzene rings is 1. The van der Waals surface area contributed by atoms with Crippen LogP contribution in [0.3, 0.4) is 0 Å². The predicted octanol–water partition coefficient (Wildman–Crippen LogP) is 3.83. The molecule has 21 heavy (non-hydrogen) atoms. The molecule has 0 aromatic heterocycles. The number of fused-ring (bicyclic) bond motifs is 1. The van der Waals surface area contributed by atoms with Gasteiger partial charge in [-0.2, -0.15) is 0 Å². The standard InChI is InChI=1S/C19H30N2/c1-14-10-15(2)12-17(11-14)18(20-3)13-21-9-8-16-6-4-5-7-19(16)21/h10-12,16,18-20H,4-9,13H2,1-3H3. The third-order valence-corrected chi connectivity index (χ3v) is 5.54. The van der Waals surface area contributed by atoms with Gasteiger partial charge in [0, 0.05) is 18.6 Å². The van der Waals surface area contributed by atoms with E-state index in [2.05, 4.69) is 49.3 Å². The smallest absolute Gasteiger partial charge is 0.0447 e. The monoisotopic (exact) mass is 286 g/mol. The zero-order chi connectivity index (χ0) is 14.8. The Bertz CT molecular complexity index is 462. The van der Waals surface area contributed by atoms with E-state index in [0.717, 1.165) is 12.0 Å². The molecule has 2 aliphatic rings. The van der Waals surface area contributed by atoms with Gasteiger partial charge in [0.2, 0.25) is 0 Å². The van der Waals surface area contributed by atoms with Crippen LogP contribution in [0.5, 0.6) is 0 Å². The molecular formula is C19H30N2. The SMILES string of the molecule is CNC(CN1CCC2CCCCC21)c1cc(C)cc(C)c1. The molecule has 1 heterocycles. The van der Waals surface area contributed by atoms with Crippen LogP contribution in [0, 0.1) is 19.8 Å². The molecule has 116 valence electrons. The van der Waals surface area contributed by atoms with Gasteiger partial charge in [0.05, 0.1) is 0 Å². The average molecular weight is 286 g/mol. The molecular weight excluding hydrogens is 256 g/mol. The summed E-state index contributed by atoms with van der Waals surface area (Å²) in [6.45, 7) is 6.88. The first-order valence-electron chi connectivity index (χ1n) is 8.67. The predicted molar refractivity (Wildman–Crippen MR) is 89.7 cm³/mol. The summed E-state index contributed by atoms with van der Waals surface area (Å²) in [7, 11) is 2.11. The van der Waals surface area contributed by atoms with Crippen molar-refractivity contribution in [3.63, 3.8) is 0 Å². The van der Waals surface area contributed by atoms with Gasteiger partial charge in [-0.25, -0.2) is 0 Å². The molecule has 0 amide bonds. The molecule has 1 saturated carbocycles. The molecule has 1 N–H and O–H groups in total. The topological polar surface area (TPSA) is 15.3 Å². The number of likely N-dealkylation sites (tertiary alicyclic amines) is 1. The number of nitrogens with zero attached hydrogens (tertiary/aromatic N) is 1. The summed E-state index contributed by atoms with van der Waals surface area (Å²) in [6, 6.07) is 8.29. The van der Waals surface area contributed by atoms with Gasteiger partial charge in [-0.1, -0.05) is 42.2 Å². The Balaban J connectivity index is 1.72. The number of hydrogen-bond donors (Lipinski definition) is 1. The molecule has 1 saturated heterocycles. The fourth-order valence-electron chi connectivity index (χ4n) is 4.54. The van der Waals surface area contributed by atoms with Crippen LogP contribution in [-0.4, -0.2) is 31.1 Å². The average Bonchev–Trinajstić information content (AvgIpc) is 2.87. The van der Waals surface area contributed by atoms with Gasteiger partial charge >= 0.3 is 0 Å². The molecule has 3 unspecified atom stereocenters. The van der Waals surface area contributed by atoms with Crippen molar-refractivity contribution in [2.45, 2.75) is 58.0 Å². The van der Waals surface area contributed by atoms with Crippen molar-refractivity contribution in [3.05, 3.63) is 34.9 Å². The first-order chi connectivity index (χ1) is 10.2. The van der Waals surface area contributed by atoms with E-state index in [4.69, 9.17) is 0 Å². The van der Waals surface area contributed by atoms with Crippen LogP contribution < -0.4 is 5.32 Å². The maximum absolute atomic E-state index is 3.55. The van der Waals surface area contributed by atoms with Crippen molar-refractivity contribution in [2.24, 2.45) is 5.92 Å². The van der Waals surface area contributed by atoms with Crippen molar-refractivity contribution in [1.82, 2.24) is 10.2 Å². The largest absolute Gasteiger partial charge is 0.312 e. The van der Waals surface area contributed by atoms with Gasteiger partial charge in [0.15, 0.2) is 0 Å². The van der Waals surface area contributed by atoms with Gasteiger partial charge < -0.3 is 5.32 Å². The number of likely N-dealkylation sites (N-methyl/N-ethyl adjacent to an activating group) is 1. The maximum atomic E-state index is 3.55. The third-order valence-electron chi connectivity index (χ3n) is 5.54. The highest BCUT2D eigenvalue weighted by atomic mass is 15.2. The van der Waals surface area contributed by atoms with E-state index in [1.165, 1.54) is 61.9 Å². The van der Waals surface area contributed by atoms with E-state index in [1.54, 1.807) is 0 Å². The molecule has 2 fully saturated rings. The number of rotatable bonds is 4. The molecule has 1 aromatic carbocycles. The normalized spacial score (nSPS) is 27.6. The molecule has 3 rings (SSSR count). The van der Waals surface area contributed by atoms with E-state index >= 15 is 0 Å². The van der Waals surface area contributed by atoms with Gasteiger partial charge in [0.25, 0.3) is 0 Å². The molecule has 0 spiro atoms. The zero-order valence-corrected chi connectivity index (χ0v) is 13.9. The molecule has 0 radical (unpaired) electrons. The van der Waals surface area contributed by atoms with Crippen LogP contribution >= 0.6 is 0 Å². The van der Waals surface area contributed by atoms with E-state index in [9.17, 15) is 0 Å². The van der Waals surface area contributed by atoms with E-state index in [0.29, 0.717) is 6.04 Å². The fourth-order valence-corrected chi connectivity index (χ4v) is 4.54. The van der Waals surface area contributed by atoms with Crippen LogP contribution in [0.4, 0.5) is 0 Å². The third kappa shape index (κ3) is 3.32. The lowest BCUT2D eigenvalue weighted by atomic mass is 9.85. The second-order valence-electron chi connectivity index (χ2n) is 7.16. The number of nitrogens with one attached hydrogen (secondary N) is 1. The van der Waals surface area contributed by atoms with E-state index < -0.39 is 0 Å². The lowest BCUT2D eigenvalue weighted by Crippen LogP contribution is -2.40. The van der Waals surface area contributed by atoms with Gasteiger partial charge in [-0.15, -0.1) is 0 Å². The summed E-state index contributed by atoms with van der Waals surface area (Å²) in [5.74, 6) is 0.982. The second-order valence-corrected chi connectivity index (χ2v) is 7.16. The van der Waals surface area contributed by atoms with Gasteiger partial charge in [-0.3, -0.25) is 4.90 Å². The Labute approximate surface area is 129 Å². The minimum Gasteiger partial charge on any atom is -0.312 e. The van der Waals surface area contributed by atoms with Crippen molar-refractivity contribution in [1.29, 1.82) is 0 Å². The van der Waals surface area contributed by atoms with Crippen LogP contribution in [0.15, 0.2) is 18.2 Å². The maximum Gasteiger partial charge on any atom is 0.0447 e. The minimum absolute atomic E-state index is 0.462. The summed E-state index contributed by atoms with van der Waals surface area (Å²) in [5.41, 5.74) is 4.21. The second kappa shape index (κ2) is 6.50. The summed E-state index contributed by atoms with van der Waals surface area (Å²) in [5, 5.41) is 3.55. The Kier molecular flexibility index (Phi) is 4.66. The quantitative estimate of drug-likeness (QED) is 0.905. The van der Waals surface area contributed by atoms with Crippen LogP contribution in [0.1, 0.15) is 54.8 Å². The highest BCUT2D eigenvalue weighted by Gasteiger charge is 2.36. The minimum atomic E-state index is 0.462. The zero-order valence-electron chi connectivity index (χ0n) is 13.9. The lowest BCUT2D eigenvalue weighted by molar-refractivity contribution is 0.169. The molecule has 0 bridgehead atoms. The summed E-state index contributed by atoms with van der Waals surface area (Å²) in [6.07, 6.45) is 7.21. The highest BCUT2D eigenvalue weighted by molar-refractivity contribution is 5.31. The Morgan fingerprint density at radius 2 is 1.81 bits per heavy atom. The molecule has 1 aliphatic heterocycles. The van der Waals surface area contributed by atoms with E-state index in [-0.39, 0.29) is 0 Å². The fraction of sp³-hybridized carbons (Fsp3) is 0.684. The highest BCUT2D eigenvalue weighted by Crippen LogP contribution is 2.37. The molecule has 2 nitrogen and oxygen atoms in total. The van der Waals surface area contributed by atoms with Crippen molar-refractivity contribution < 1.29 is 0 Å². The Morgan fingerprint density at radius 1 is 1.10 bits per heavy atom. The first-order valence-corrected chi connectivity index (χ1v) is 8.67. The molecule has 1 aliphatic carbocycles. The van der Waals surface area contributed by atoms with Crippen LogP contribution in [0.2, 0.25) is 0 Å². The molecule has 1 aromatic rings. The van der Waals surface area contributed by atoms with Crippen molar-refractivity contribution >= 4 is 0 Å². The Hall–Kier alpha value is -0.860. The van der Waals surface area contributed by atoms with E-state index in [1.807, 2.05) is 0 Å². The molecule has 3 atom stereocenters. The lowest BCUT2D eigenvalue weighted by Gasteiger charge is -2.34. The number of hydrogen-bond acceptors (Lipinski definition) is 2. The van der Waals surface area contributed by atoms with Crippen LogP contribution in [0.25, 0.3) is 0 Å². The Morgan fingerprint density at radius 3 is 2.52 bits per heavy atom. The van der Waals surface area contributed by atoms with Crippen molar-refractivity contribution in [2.75, 3.05) is 20.1 Å². The molecule has 2 heteroatoms. The van der Waals surface area contributed by atoms with Crippen LogP contribution in [-0.2, 0) is 0 Å². The van der Waals surface area contributed by atoms with Gasteiger partial charge in [-0.05, 0) is 58.2 Å². The summed E-state index contributed by atoms with van der Waals surface area (Å²) in [4.78, 5) is 2.77.